The molecule has 0 aromatic heterocycles. The number of carbonyl (C=O) groups excluding carboxylic acids is 1. The zero-order valence-electron chi connectivity index (χ0n) is 11.7. The molecule has 5 nitrogen and oxygen atoms in total. The Balaban J connectivity index is 1.87. The lowest BCUT2D eigenvalue weighted by Gasteiger charge is -2.23. The first-order chi connectivity index (χ1) is 10.5. The third-order valence-electron chi connectivity index (χ3n) is 3.24. The zero-order chi connectivity index (χ0) is 15.7. The molecule has 0 aliphatic carbocycles. The molecule has 22 heavy (non-hydrogen) atoms. The smallest absolute Gasteiger partial charge is 0.265 e. The van der Waals surface area contributed by atoms with Gasteiger partial charge in [-0.25, -0.2) is 0 Å². The van der Waals surface area contributed by atoms with E-state index in [2.05, 4.69) is 10.3 Å². The number of amides is 1. The molecule has 0 radical (unpaired) electrons. The van der Waals surface area contributed by atoms with Crippen LogP contribution in [-0.2, 0) is 4.79 Å². The van der Waals surface area contributed by atoms with Gasteiger partial charge in [0.2, 0.25) is 0 Å². The molecule has 112 valence electrons. The number of nitrogens with zero attached hydrogens (tertiary/aromatic N) is 1. The molecule has 0 saturated carbocycles. The summed E-state index contributed by atoms with van der Waals surface area (Å²) in [4.78, 5) is 15.9. The van der Waals surface area contributed by atoms with Crippen molar-refractivity contribution in [3.8, 4) is 11.5 Å². The van der Waals surface area contributed by atoms with Gasteiger partial charge in [0.25, 0.3) is 5.91 Å². The molecule has 1 heterocycles. The summed E-state index contributed by atoms with van der Waals surface area (Å²) in [5.74, 6) is 0.509. The number of aromatic hydroxyl groups is 1. The maximum Gasteiger partial charge on any atom is 0.265 e. The Morgan fingerprint density at radius 2 is 2.14 bits per heavy atom. The topological polar surface area (TPSA) is 70.9 Å². The standard InChI is InChI=1S/C16H13ClN2O3/c1-9-16(21)19-13-7-12(3-5-15(13)22-9)18-8-10-6-11(17)2-4-14(10)20/h2-9,20H,1H3,(H,19,21)/t9-/m1/s1. The van der Waals surface area contributed by atoms with E-state index < -0.39 is 6.10 Å². The van der Waals surface area contributed by atoms with Crippen molar-refractivity contribution in [2.75, 3.05) is 5.32 Å². The van der Waals surface area contributed by atoms with Gasteiger partial charge in [-0.3, -0.25) is 9.79 Å². The highest BCUT2D eigenvalue weighted by atomic mass is 35.5. The number of carbonyl (C=O) groups is 1. The third kappa shape index (κ3) is 2.89. The average Bonchev–Trinajstić information content (AvgIpc) is 2.49. The van der Waals surface area contributed by atoms with Crippen LogP contribution in [-0.4, -0.2) is 23.3 Å². The van der Waals surface area contributed by atoms with Gasteiger partial charge in [0.05, 0.1) is 11.4 Å². The first kappa shape index (κ1) is 14.4. The van der Waals surface area contributed by atoms with E-state index in [0.717, 1.165) is 0 Å². The molecular formula is C16H13ClN2O3. The minimum atomic E-state index is -0.509. The van der Waals surface area contributed by atoms with Crippen molar-refractivity contribution in [3.63, 3.8) is 0 Å². The van der Waals surface area contributed by atoms with Crippen LogP contribution < -0.4 is 10.1 Å². The van der Waals surface area contributed by atoms with Crippen LogP contribution in [0.2, 0.25) is 5.02 Å². The Kier molecular flexibility index (Phi) is 3.73. The van der Waals surface area contributed by atoms with E-state index in [1.165, 1.54) is 12.3 Å². The van der Waals surface area contributed by atoms with Crippen LogP contribution in [0.15, 0.2) is 41.4 Å². The van der Waals surface area contributed by atoms with E-state index in [1.54, 1.807) is 37.3 Å². The van der Waals surface area contributed by atoms with Gasteiger partial charge in [-0.1, -0.05) is 11.6 Å². The van der Waals surface area contributed by atoms with E-state index >= 15 is 0 Å². The summed E-state index contributed by atoms with van der Waals surface area (Å²) in [5.41, 5.74) is 1.71. The number of fused-ring (bicyclic) bond motifs is 1. The fraction of sp³-hybridized carbons (Fsp3) is 0.125. The predicted molar refractivity (Wildman–Crippen MR) is 85.5 cm³/mol. The normalized spacial score (nSPS) is 17.0. The van der Waals surface area contributed by atoms with Crippen LogP contribution in [0.1, 0.15) is 12.5 Å². The number of hydrogen-bond acceptors (Lipinski definition) is 4. The molecule has 1 atom stereocenters. The molecule has 2 aromatic carbocycles. The minimum absolute atomic E-state index is 0.0940. The average molecular weight is 317 g/mol. The van der Waals surface area contributed by atoms with Crippen LogP contribution >= 0.6 is 11.6 Å². The van der Waals surface area contributed by atoms with Crippen LogP contribution in [0.4, 0.5) is 11.4 Å². The Labute approximate surface area is 132 Å². The number of halogens is 1. The van der Waals surface area contributed by atoms with Gasteiger partial charge in [-0.05, 0) is 43.3 Å². The molecule has 0 unspecified atom stereocenters. The SMILES string of the molecule is C[C@H]1Oc2ccc(N=Cc3cc(Cl)ccc3O)cc2NC1=O. The number of phenols is 1. The maximum absolute atomic E-state index is 11.6. The zero-order valence-corrected chi connectivity index (χ0v) is 12.5. The summed E-state index contributed by atoms with van der Waals surface area (Å²) < 4.78 is 5.48. The molecular weight excluding hydrogens is 304 g/mol. The van der Waals surface area contributed by atoms with Gasteiger partial charge in [0.15, 0.2) is 6.10 Å². The van der Waals surface area contributed by atoms with Crippen LogP contribution in [0.3, 0.4) is 0 Å². The highest BCUT2D eigenvalue weighted by Gasteiger charge is 2.23. The van der Waals surface area contributed by atoms with Crippen molar-refractivity contribution in [3.05, 3.63) is 47.0 Å². The fourth-order valence-corrected chi connectivity index (χ4v) is 2.23. The molecule has 2 N–H and O–H groups in total. The highest BCUT2D eigenvalue weighted by molar-refractivity contribution is 6.30. The molecule has 2 aromatic rings. The quantitative estimate of drug-likeness (QED) is 0.833. The van der Waals surface area contributed by atoms with Crippen LogP contribution in [0, 0.1) is 0 Å². The van der Waals surface area contributed by atoms with E-state index in [9.17, 15) is 9.90 Å². The number of nitrogens with one attached hydrogen (secondary N) is 1. The largest absolute Gasteiger partial charge is 0.507 e. The molecule has 0 fully saturated rings. The second-order valence-electron chi connectivity index (χ2n) is 4.89. The molecule has 0 spiro atoms. The maximum atomic E-state index is 11.6. The van der Waals surface area contributed by atoms with Crippen molar-refractivity contribution < 1.29 is 14.6 Å². The molecule has 1 amide bonds. The highest BCUT2D eigenvalue weighted by Crippen LogP contribution is 2.33. The summed E-state index contributed by atoms with van der Waals surface area (Å²) in [5, 5.41) is 13.0. The van der Waals surface area contributed by atoms with Gasteiger partial charge in [-0.15, -0.1) is 0 Å². The van der Waals surface area contributed by atoms with Gasteiger partial charge in [0, 0.05) is 16.8 Å². The lowest BCUT2D eigenvalue weighted by Crippen LogP contribution is -2.34. The Morgan fingerprint density at radius 1 is 1.32 bits per heavy atom. The summed E-state index contributed by atoms with van der Waals surface area (Å²) in [6.07, 6.45) is 1.00. The van der Waals surface area contributed by atoms with Crippen molar-refractivity contribution in [2.24, 2.45) is 4.99 Å². The second kappa shape index (κ2) is 5.69. The van der Waals surface area contributed by atoms with Crippen molar-refractivity contribution >= 4 is 35.1 Å². The molecule has 6 heteroatoms. The Hall–Kier alpha value is -2.53. The molecule has 1 aliphatic heterocycles. The molecule has 0 saturated heterocycles. The van der Waals surface area contributed by atoms with Crippen molar-refractivity contribution in [1.29, 1.82) is 0 Å². The predicted octanol–water partition coefficient (Wildman–Crippen LogP) is 3.52. The van der Waals surface area contributed by atoms with Crippen molar-refractivity contribution in [2.45, 2.75) is 13.0 Å². The summed E-state index contributed by atoms with van der Waals surface area (Å²) >= 11 is 5.89. The first-order valence-corrected chi connectivity index (χ1v) is 7.05. The van der Waals surface area contributed by atoms with E-state index in [-0.39, 0.29) is 11.7 Å². The number of phenolic OH excluding ortho intramolecular Hbond substituents is 1. The number of rotatable bonds is 2. The number of ether oxygens (including phenoxy) is 1. The van der Waals surface area contributed by atoms with Gasteiger partial charge in [-0.2, -0.15) is 0 Å². The number of hydrogen-bond donors (Lipinski definition) is 2. The molecule has 0 bridgehead atoms. The number of benzene rings is 2. The monoisotopic (exact) mass is 316 g/mol. The minimum Gasteiger partial charge on any atom is -0.507 e. The van der Waals surface area contributed by atoms with E-state index in [1.807, 2.05) is 0 Å². The summed E-state index contributed by atoms with van der Waals surface area (Å²) in [6.45, 7) is 1.69. The van der Waals surface area contributed by atoms with E-state index in [0.29, 0.717) is 27.7 Å². The van der Waals surface area contributed by atoms with Gasteiger partial charge < -0.3 is 15.2 Å². The number of anilines is 1. The third-order valence-corrected chi connectivity index (χ3v) is 3.47. The summed E-state index contributed by atoms with van der Waals surface area (Å²) in [7, 11) is 0. The lowest BCUT2D eigenvalue weighted by molar-refractivity contribution is -0.122. The fourth-order valence-electron chi connectivity index (χ4n) is 2.05. The summed E-state index contributed by atoms with van der Waals surface area (Å²) in [6, 6.07) is 9.94. The van der Waals surface area contributed by atoms with Crippen LogP contribution in [0.25, 0.3) is 0 Å². The second-order valence-corrected chi connectivity index (χ2v) is 5.33. The Bertz CT molecular complexity index is 774. The van der Waals surface area contributed by atoms with Crippen molar-refractivity contribution in [1.82, 2.24) is 0 Å². The Morgan fingerprint density at radius 3 is 2.95 bits per heavy atom. The number of aliphatic imine (C=N–C) groups is 1. The first-order valence-electron chi connectivity index (χ1n) is 6.67. The lowest BCUT2D eigenvalue weighted by atomic mass is 10.2. The van der Waals surface area contributed by atoms with Gasteiger partial charge >= 0.3 is 0 Å². The van der Waals surface area contributed by atoms with Crippen LogP contribution in [0.5, 0.6) is 11.5 Å². The van der Waals surface area contributed by atoms with Gasteiger partial charge in [0.1, 0.15) is 11.5 Å². The molecule has 1 aliphatic rings. The molecule has 3 rings (SSSR count). The van der Waals surface area contributed by atoms with E-state index in [4.69, 9.17) is 16.3 Å².